The van der Waals surface area contributed by atoms with Crippen LogP contribution in [0.2, 0.25) is 0 Å². The number of benzene rings is 4. The predicted octanol–water partition coefficient (Wildman–Crippen LogP) is 7.03. The molecule has 0 N–H and O–H groups in total. The van der Waals surface area contributed by atoms with E-state index < -0.39 is 8.07 Å². The van der Waals surface area contributed by atoms with Crippen molar-refractivity contribution < 1.29 is 0 Å². The number of hydrogen-bond acceptors (Lipinski definition) is 3. The van der Waals surface area contributed by atoms with Crippen molar-refractivity contribution in [2.45, 2.75) is 27.7 Å². The Hall–Kier alpha value is -3.55. The van der Waals surface area contributed by atoms with Gasteiger partial charge in [-0.3, -0.25) is 9.97 Å². The Morgan fingerprint density at radius 2 is 1.38 bits per heavy atom. The average molecular weight is 460 g/mol. The van der Waals surface area contributed by atoms with Crippen molar-refractivity contribution in [3.63, 3.8) is 0 Å². The van der Waals surface area contributed by atoms with Gasteiger partial charge in [-0.1, -0.05) is 48.0 Å². The first-order valence-corrected chi connectivity index (χ1v) is 12.9. The summed E-state index contributed by atoms with van der Waals surface area (Å²) in [5.41, 5.74) is 11.8. The molecule has 2 heterocycles. The molecule has 4 aromatic carbocycles. The zero-order valence-electron chi connectivity index (χ0n) is 19.9. The lowest BCUT2D eigenvalue weighted by molar-refractivity contribution is 1.27. The molecule has 0 fully saturated rings. The van der Waals surface area contributed by atoms with E-state index in [0.717, 1.165) is 11.0 Å². The Balaban J connectivity index is 1.77. The second kappa shape index (κ2) is 8.04. The molecule has 1 atom stereocenters. The Morgan fingerprint density at radius 1 is 0.676 bits per heavy atom. The SMILES string of the molecule is Cc1cccc(N2c3cc(C)ccc3-c3c(cc(C)c4nccnc34)P2c2cccc(C)c2)c1. The van der Waals surface area contributed by atoms with Gasteiger partial charge < -0.3 is 4.67 Å². The van der Waals surface area contributed by atoms with Crippen LogP contribution in [0.25, 0.3) is 22.2 Å². The van der Waals surface area contributed by atoms with Crippen LogP contribution in [0.15, 0.2) is 85.2 Å². The van der Waals surface area contributed by atoms with Crippen LogP contribution in [-0.4, -0.2) is 9.97 Å². The second-order valence-electron chi connectivity index (χ2n) is 9.16. The quantitative estimate of drug-likeness (QED) is 0.265. The molecule has 0 saturated carbocycles. The zero-order valence-corrected chi connectivity index (χ0v) is 20.8. The Kier molecular flexibility index (Phi) is 4.97. The number of aryl methyl sites for hydroxylation is 4. The summed E-state index contributed by atoms with van der Waals surface area (Å²) in [4.78, 5) is 9.57. The number of nitrogens with zero attached hydrogens (tertiary/aromatic N) is 3. The number of hydrogen-bond donors (Lipinski definition) is 0. The van der Waals surface area contributed by atoms with Crippen LogP contribution in [-0.2, 0) is 0 Å². The number of fused-ring (bicyclic) bond motifs is 5. The normalized spacial score (nSPS) is 14.7. The maximum Gasteiger partial charge on any atom is 0.0975 e. The summed E-state index contributed by atoms with van der Waals surface area (Å²) in [5, 5.41) is 2.68. The highest BCUT2D eigenvalue weighted by Gasteiger charge is 2.35. The minimum absolute atomic E-state index is 0.874. The molecule has 5 aromatic rings. The van der Waals surface area contributed by atoms with E-state index in [-0.39, 0.29) is 0 Å². The molecule has 1 unspecified atom stereocenters. The summed E-state index contributed by atoms with van der Waals surface area (Å²) in [6, 6.07) is 27.0. The van der Waals surface area contributed by atoms with Gasteiger partial charge in [0, 0.05) is 39.8 Å². The van der Waals surface area contributed by atoms with Crippen molar-refractivity contribution >= 4 is 41.1 Å². The number of anilines is 2. The highest BCUT2D eigenvalue weighted by molar-refractivity contribution is 7.75. The first-order valence-electron chi connectivity index (χ1n) is 11.6. The van der Waals surface area contributed by atoms with E-state index in [4.69, 9.17) is 9.97 Å². The Labute approximate surface area is 201 Å². The monoisotopic (exact) mass is 459 g/mol. The highest BCUT2D eigenvalue weighted by atomic mass is 31.1. The summed E-state index contributed by atoms with van der Waals surface area (Å²) < 4.78 is 2.57. The number of aromatic nitrogens is 2. The largest absolute Gasteiger partial charge is 0.311 e. The Morgan fingerprint density at radius 3 is 2.15 bits per heavy atom. The van der Waals surface area contributed by atoms with E-state index in [2.05, 4.69) is 105 Å². The molecule has 0 spiro atoms. The minimum atomic E-state index is -0.874. The first kappa shape index (κ1) is 21.0. The highest BCUT2D eigenvalue weighted by Crippen LogP contribution is 2.57. The van der Waals surface area contributed by atoms with E-state index in [9.17, 15) is 0 Å². The van der Waals surface area contributed by atoms with Gasteiger partial charge in [0.2, 0.25) is 0 Å². The topological polar surface area (TPSA) is 29.0 Å². The van der Waals surface area contributed by atoms with E-state index >= 15 is 0 Å². The van der Waals surface area contributed by atoms with Crippen molar-refractivity contribution in [1.82, 2.24) is 9.97 Å². The molecular formula is C30H26N3P. The summed E-state index contributed by atoms with van der Waals surface area (Å²) >= 11 is 0. The lowest BCUT2D eigenvalue weighted by Crippen LogP contribution is -2.31. The van der Waals surface area contributed by atoms with E-state index in [1.807, 2.05) is 6.20 Å². The smallest absolute Gasteiger partial charge is 0.0975 e. The van der Waals surface area contributed by atoms with Crippen LogP contribution < -0.4 is 15.3 Å². The average Bonchev–Trinajstić information content (AvgIpc) is 2.83. The molecule has 6 rings (SSSR count). The standard InChI is InChI=1S/C30H26N3P/c1-19-7-5-9-23(15-19)33-26-17-21(3)11-12-25(26)28-27(34(33)24-10-6-8-20(2)16-24)18-22(4)29-30(28)32-14-13-31-29/h5-18H,1-4H3. The lowest BCUT2D eigenvalue weighted by atomic mass is 9.97. The third-order valence-corrected chi connectivity index (χ3v) is 8.91. The second-order valence-corrected chi connectivity index (χ2v) is 11.2. The maximum atomic E-state index is 4.86. The van der Waals surface area contributed by atoms with Crippen molar-refractivity contribution in [3.05, 3.63) is 107 Å². The van der Waals surface area contributed by atoms with Gasteiger partial charge in [-0.25, -0.2) is 0 Å². The van der Waals surface area contributed by atoms with Crippen molar-refractivity contribution in [1.29, 1.82) is 0 Å². The van der Waals surface area contributed by atoms with Crippen LogP contribution in [0, 0.1) is 27.7 Å². The first-order chi connectivity index (χ1) is 16.5. The Bertz CT molecular complexity index is 1570. The van der Waals surface area contributed by atoms with Crippen LogP contribution in [0.4, 0.5) is 11.4 Å². The fourth-order valence-corrected chi connectivity index (χ4v) is 7.75. The van der Waals surface area contributed by atoms with Gasteiger partial charge in [-0.05, 0) is 74.7 Å². The molecule has 0 aliphatic carbocycles. The summed E-state index contributed by atoms with van der Waals surface area (Å²) in [7, 11) is -0.874. The fourth-order valence-electron chi connectivity index (χ4n) is 4.98. The van der Waals surface area contributed by atoms with Crippen LogP contribution >= 0.6 is 8.07 Å². The third-order valence-electron chi connectivity index (χ3n) is 6.49. The minimum Gasteiger partial charge on any atom is -0.311 e. The molecule has 0 saturated heterocycles. The molecule has 34 heavy (non-hydrogen) atoms. The summed E-state index contributed by atoms with van der Waals surface area (Å²) in [6.45, 7) is 8.67. The van der Waals surface area contributed by atoms with Crippen LogP contribution in [0.5, 0.6) is 0 Å². The summed E-state index contributed by atoms with van der Waals surface area (Å²) in [6.07, 6.45) is 3.61. The molecule has 3 nitrogen and oxygen atoms in total. The van der Waals surface area contributed by atoms with Gasteiger partial charge in [-0.15, -0.1) is 0 Å². The lowest BCUT2D eigenvalue weighted by Gasteiger charge is -2.41. The molecule has 1 aliphatic heterocycles. The third kappa shape index (κ3) is 3.31. The van der Waals surface area contributed by atoms with Crippen molar-refractivity contribution in [2.75, 3.05) is 4.67 Å². The molecule has 166 valence electrons. The molecule has 1 aromatic heterocycles. The number of rotatable bonds is 2. The van der Waals surface area contributed by atoms with E-state index in [0.29, 0.717) is 0 Å². The molecule has 0 amide bonds. The zero-order chi connectivity index (χ0) is 23.4. The van der Waals surface area contributed by atoms with Gasteiger partial charge in [0.25, 0.3) is 0 Å². The van der Waals surface area contributed by atoms with Gasteiger partial charge in [-0.2, -0.15) is 0 Å². The molecule has 0 radical (unpaired) electrons. The van der Waals surface area contributed by atoms with Gasteiger partial charge in [0.15, 0.2) is 0 Å². The van der Waals surface area contributed by atoms with Gasteiger partial charge >= 0.3 is 0 Å². The van der Waals surface area contributed by atoms with Crippen LogP contribution in [0.1, 0.15) is 22.3 Å². The molecule has 1 aliphatic rings. The van der Waals surface area contributed by atoms with E-state index in [1.54, 1.807) is 6.20 Å². The molecule has 0 bridgehead atoms. The molecular weight excluding hydrogens is 433 g/mol. The predicted molar refractivity (Wildman–Crippen MR) is 145 cm³/mol. The fraction of sp³-hybridized carbons (Fsp3) is 0.133. The van der Waals surface area contributed by atoms with Gasteiger partial charge in [0.1, 0.15) is 0 Å². The maximum absolute atomic E-state index is 4.86. The van der Waals surface area contributed by atoms with E-state index in [1.165, 1.54) is 55.4 Å². The summed E-state index contributed by atoms with van der Waals surface area (Å²) in [5.74, 6) is 0. The molecule has 4 heteroatoms. The van der Waals surface area contributed by atoms with Crippen molar-refractivity contribution in [2.24, 2.45) is 0 Å². The van der Waals surface area contributed by atoms with Crippen LogP contribution in [0.3, 0.4) is 0 Å². The van der Waals surface area contributed by atoms with Crippen molar-refractivity contribution in [3.8, 4) is 11.1 Å². The van der Waals surface area contributed by atoms with Gasteiger partial charge in [0.05, 0.1) is 24.8 Å².